The largest absolute Gasteiger partial charge is 0.382 e. The van der Waals surface area contributed by atoms with Crippen molar-refractivity contribution in [2.75, 3.05) is 33.5 Å². The second-order valence-corrected chi connectivity index (χ2v) is 5.59. The molecule has 17 heavy (non-hydrogen) atoms. The van der Waals surface area contributed by atoms with Gasteiger partial charge in [-0.3, -0.25) is 0 Å². The molecule has 0 aliphatic heterocycles. The Morgan fingerprint density at radius 1 is 1.24 bits per heavy atom. The van der Waals surface area contributed by atoms with Gasteiger partial charge in [-0.2, -0.15) is 0 Å². The Hall–Kier alpha value is -0.160. The SMILES string of the molecule is COCC(CNC1CC1)OCCOC(C)(C)C. The van der Waals surface area contributed by atoms with E-state index in [0.29, 0.717) is 25.9 Å². The third kappa shape index (κ3) is 8.55. The molecule has 0 heterocycles. The number of ether oxygens (including phenoxy) is 3. The normalized spacial score (nSPS) is 18.4. The molecule has 0 aromatic rings. The maximum atomic E-state index is 5.74. The van der Waals surface area contributed by atoms with Crippen LogP contribution in [0.25, 0.3) is 0 Å². The van der Waals surface area contributed by atoms with Crippen LogP contribution in [0, 0.1) is 0 Å². The van der Waals surface area contributed by atoms with E-state index in [1.54, 1.807) is 7.11 Å². The van der Waals surface area contributed by atoms with Gasteiger partial charge in [-0.15, -0.1) is 0 Å². The molecule has 1 unspecified atom stereocenters. The fourth-order valence-corrected chi connectivity index (χ4v) is 1.50. The van der Waals surface area contributed by atoms with E-state index in [0.717, 1.165) is 6.54 Å². The van der Waals surface area contributed by atoms with Crippen LogP contribution in [0.15, 0.2) is 0 Å². The van der Waals surface area contributed by atoms with Gasteiger partial charge in [0.05, 0.1) is 31.5 Å². The fraction of sp³-hybridized carbons (Fsp3) is 1.00. The second-order valence-electron chi connectivity index (χ2n) is 5.59. The summed E-state index contributed by atoms with van der Waals surface area (Å²) in [6.45, 7) is 8.91. The molecule has 1 aliphatic carbocycles. The minimum atomic E-state index is -0.0909. The Morgan fingerprint density at radius 2 is 1.94 bits per heavy atom. The van der Waals surface area contributed by atoms with Gasteiger partial charge in [0.2, 0.25) is 0 Å². The van der Waals surface area contributed by atoms with Gasteiger partial charge < -0.3 is 19.5 Å². The maximum absolute atomic E-state index is 5.74. The zero-order chi connectivity index (χ0) is 12.7. The summed E-state index contributed by atoms with van der Waals surface area (Å²) in [6.07, 6.45) is 2.73. The Balaban J connectivity index is 2.05. The molecule has 1 rings (SSSR count). The first-order chi connectivity index (χ1) is 8.01. The second kappa shape index (κ2) is 7.31. The van der Waals surface area contributed by atoms with Crippen molar-refractivity contribution in [1.29, 1.82) is 0 Å². The van der Waals surface area contributed by atoms with Gasteiger partial charge in [0.25, 0.3) is 0 Å². The summed E-state index contributed by atoms with van der Waals surface area (Å²) in [5.41, 5.74) is -0.0909. The Labute approximate surface area is 105 Å². The standard InChI is InChI=1S/C13H27NO3/c1-13(2,3)17-8-7-16-12(10-15-4)9-14-11-5-6-11/h11-12,14H,5-10H2,1-4H3. The van der Waals surface area contributed by atoms with Crippen LogP contribution in [0.2, 0.25) is 0 Å². The van der Waals surface area contributed by atoms with Gasteiger partial charge in [-0.05, 0) is 33.6 Å². The van der Waals surface area contributed by atoms with E-state index in [1.165, 1.54) is 12.8 Å². The van der Waals surface area contributed by atoms with Crippen molar-refractivity contribution < 1.29 is 14.2 Å². The van der Waals surface area contributed by atoms with E-state index in [-0.39, 0.29) is 11.7 Å². The fourth-order valence-electron chi connectivity index (χ4n) is 1.50. The average molecular weight is 245 g/mol. The lowest BCUT2D eigenvalue weighted by atomic mass is 10.2. The Morgan fingerprint density at radius 3 is 2.47 bits per heavy atom. The molecule has 0 aromatic heterocycles. The monoisotopic (exact) mass is 245 g/mol. The van der Waals surface area contributed by atoms with Crippen molar-refractivity contribution in [2.45, 2.75) is 51.4 Å². The summed E-state index contributed by atoms with van der Waals surface area (Å²) < 4.78 is 16.5. The van der Waals surface area contributed by atoms with Gasteiger partial charge >= 0.3 is 0 Å². The van der Waals surface area contributed by atoms with Crippen molar-refractivity contribution in [3.63, 3.8) is 0 Å². The highest BCUT2D eigenvalue weighted by Crippen LogP contribution is 2.18. The van der Waals surface area contributed by atoms with E-state index in [1.807, 2.05) is 20.8 Å². The molecule has 1 atom stereocenters. The van der Waals surface area contributed by atoms with E-state index in [2.05, 4.69) is 5.32 Å². The molecule has 0 bridgehead atoms. The average Bonchev–Trinajstić information content (AvgIpc) is 3.03. The number of hydrogen-bond donors (Lipinski definition) is 1. The van der Waals surface area contributed by atoms with Crippen LogP contribution in [0.4, 0.5) is 0 Å². The third-order valence-electron chi connectivity index (χ3n) is 2.54. The predicted octanol–water partition coefficient (Wildman–Crippen LogP) is 1.59. The van der Waals surface area contributed by atoms with Gasteiger partial charge in [0.15, 0.2) is 0 Å². The number of hydrogen-bond acceptors (Lipinski definition) is 4. The first-order valence-electron chi connectivity index (χ1n) is 6.49. The highest BCUT2D eigenvalue weighted by Gasteiger charge is 2.22. The lowest BCUT2D eigenvalue weighted by Crippen LogP contribution is -2.35. The highest BCUT2D eigenvalue weighted by atomic mass is 16.6. The molecule has 0 aromatic carbocycles. The molecule has 1 fully saturated rings. The predicted molar refractivity (Wildman–Crippen MR) is 68.3 cm³/mol. The van der Waals surface area contributed by atoms with Crippen LogP contribution in [-0.2, 0) is 14.2 Å². The molecule has 0 radical (unpaired) electrons. The van der Waals surface area contributed by atoms with Crippen LogP contribution < -0.4 is 5.32 Å². The quantitative estimate of drug-likeness (QED) is 0.626. The lowest BCUT2D eigenvalue weighted by Gasteiger charge is -2.22. The van der Waals surface area contributed by atoms with Crippen LogP contribution in [0.3, 0.4) is 0 Å². The van der Waals surface area contributed by atoms with E-state index < -0.39 is 0 Å². The van der Waals surface area contributed by atoms with Gasteiger partial charge in [-0.1, -0.05) is 0 Å². The Bertz CT molecular complexity index is 199. The summed E-state index contributed by atoms with van der Waals surface area (Å²) >= 11 is 0. The van der Waals surface area contributed by atoms with Crippen LogP contribution >= 0.6 is 0 Å². The molecule has 0 amide bonds. The molecule has 0 spiro atoms. The zero-order valence-electron chi connectivity index (χ0n) is 11.6. The van der Waals surface area contributed by atoms with E-state index in [4.69, 9.17) is 14.2 Å². The van der Waals surface area contributed by atoms with Crippen LogP contribution in [0.1, 0.15) is 33.6 Å². The van der Waals surface area contributed by atoms with Crippen molar-refractivity contribution in [3.05, 3.63) is 0 Å². The molecule has 1 aliphatic rings. The molecule has 4 heteroatoms. The van der Waals surface area contributed by atoms with Crippen molar-refractivity contribution >= 4 is 0 Å². The first-order valence-corrected chi connectivity index (χ1v) is 6.49. The van der Waals surface area contributed by atoms with Crippen LogP contribution in [0.5, 0.6) is 0 Å². The molecule has 102 valence electrons. The summed E-state index contributed by atoms with van der Waals surface area (Å²) in [5, 5.41) is 3.45. The summed E-state index contributed by atoms with van der Waals surface area (Å²) in [5.74, 6) is 0. The molecule has 1 N–H and O–H groups in total. The number of methoxy groups -OCH3 is 1. The molecule has 0 saturated heterocycles. The maximum Gasteiger partial charge on any atom is 0.0933 e. The molecular weight excluding hydrogens is 218 g/mol. The highest BCUT2D eigenvalue weighted by molar-refractivity contribution is 4.82. The van der Waals surface area contributed by atoms with Gasteiger partial charge in [-0.25, -0.2) is 0 Å². The van der Waals surface area contributed by atoms with Gasteiger partial charge in [0, 0.05) is 19.7 Å². The van der Waals surface area contributed by atoms with Gasteiger partial charge in [0.1, 0.15) is 0 Å². The Kier molecular flexibility index (Phi) is 6.41. The van der Waals surface area contributed by atoms with E-state index in [9.17, 15) is 0 Å². The lowest BCUT2D eigenvalue weighted by molar-refractivity contribution is -0.0640. The number of nitrogens with one attached hydrogen (secondary N) is 1. The first kappa shape index (κ1) is 14.9. The number of rotatable bonds is 9. The van der Waals surface area contributed by atoms with Crippen molar-refractivity contribution in [2.24, 2.45) is 0 Å². The molecule has 1 saturated carbocycles. The van der Waals surface area contributed by atoms with Crippen molar-refractivity contribution in [1.82, 2.24) is 5.32 Å². The summed E-state index contributed by atoms with van der Waals surface area (Å²) in [7, 11) is 1.71. The van der Waals surface area contributed by atoms with Crippen molar-refractivity contribution in [3.8, 4) is 0 Å². The van der Waals surface area contributed by atoms with E-state index >= 15 is 0 Å². The third-order valence-corrected chi connectivity index (χ3v) is 2.54. The zero-order valence-corrected chi connectivity index (χ0v) is 11.6. The summed E-state index contributed by atoms with van der Waals surface area (Å²) in [4.78, 5) is 0. The summed E-state index contributed by atoms with van der Waals surface area (Å²) in [6, 6.07) is 0.712. The smallest absolute Gasteiger partial charge is 0.0933 e. The minimum Gasteiger partial charge on any atom is -0.382 e. The minimum absolute atomic E-state index is 0.0909. The molecular formula is C13H27NO3. The molecule has 4 nitrogen and oxygen atoms in total. The van der Waals surface area contributed by atoms with Crippen LogP contribution in [-0.4, -0.2) is 51.2 Å². The topological polar surface area (TPSA) is 39.7 Å².